The van der Waals surface area contributed by atoms with E-state index >= 15 is 0 Å². The van der Waals surface area contributed by atoms with Crippen molar-refractivity contribution in [2.75, 3.05) is 13.2 Å². The van der Waals surface area contributed by atoms with Gasteiger partial charge in [0.1, 0.15) is 61.0 Å². The van der Waals surface area contributed by atoms with Gasteiger partial charge in [-0.1, -0.05) is 0 Å². The predicted octanol–water partition coefficient (Wildman–Crippen LogP) is -7.94. The van der Waals surface area contributed by atoms with E-state index in [1.54, 1.807) is 0 Å². The van der Waals surface area contributed by atoms with Gasteiger partial charge in [-0.3, -0.25) is 9.11 Å². The molecule has 2 heterocycles. The van der Waals surface area contributed by atoms with E-state index in [-0.39, 0.29) is 13.0 Å². The zero-order chi connectivity index (χ0) is 29.1. The Morgan fingerprint density at radius 3 is 1.61 bits per heavy atom. The van der Waals surface area contributed by atoms with Crippen LogP contribution in [0.3, 0.4) is 0 Å². The molecule has 19 nitrogen and oxygen atoms in total. The van der Waals surface area contributed by atoms with Crippen molar-refractivity contribution in [3.05, 3.63) is 0 Å². The fraction of sp³-hybridized carbons (Fsp3) is 1.00. The highest BCUT2D eigenvalue weighted by molar-refractivity contribution is 7.79. The van der Waals surface area contributed by atoms with E-state index < -0.39 is 109 Å². The van der Waals surface area contributed by atoms with Crippen molar-refractivity contribution in [3.63, 3.8) is 0 Å². The molecule has 0 unspecified atom stereocenters. The van der Waals surface area contributed by atoms with Crippen molar-refractivity contribution >= 4 is 10.4 Å². The van der Waals surface area contributed by atoms with Gasteiger partial charge in [0.2, 0.25) is 0 Å². The molecule has 226 valence electrons. The molecule has 0 amide bonds. The van der Waals surface area contributed by atoms with E-state index in [1.807, 2.05) is 0 Å². The monoisotopic (exact) mass is 582 g/mol. The van der Waals surface area contributed by atoms with Gasteiger partial charge >= 0.3 is 10.4 Å². The van der Waals surface area contributed by atoms with Crippen molar-refractivity contribution in [1.29, 1.82) is 0 Å². The highest BCUT2D eigenvalue weighted by Crippen LogP contribution is 2.31. The second-order valence-electron chi connectivity index (χ2n) is 9.24. The fourth-order valence-electron chi connectivity index (χ4n) is 4.40. The molecule has 0 bridgehead atoms. The van der Waals surface area contributed by atoms with E-state index in [0.29, 0.717) is 0 Å². The first kappa shape index (κ1) is 33.5. The topological polar surface area (TPSA) is 357 Å². The molecule has 0 aromatic heterocycles. The lowest BCUT2D eigenvalue weighted by atomic mass is 9.84. The van der Waals surface area contributed by atoms with Crippen LogP contribution in [0, 0.1) is 0 Å². The van der Waals surface area contributed by atoms with Gasteiger partial charge in [0.15, 0.2) is 12.6 Å². The third-order valence-corrected chi connectivity index (χ3v) is 6.48. The van der Waals surface area contributed by atoms with Crippen LogP contribution in [0.4, 0.5) is 0 Å². The Morgan fingerprint density at radius 2 is 1.16 bits per heavy atom. The van der Waals surface area contributed by atoms with Crippen LogP contribution in [-0.2, 0) is 29.3 Å². The van der Waals surface area contributed by atoms with Gasteiger partial charge in [-0.05, 0) is 6.42 Å². The number of nitrogens with two attached hydrogens (primary N) is 4. The molecule has 15 atom stereocenters. The van der Waals surface area contributed by atoms with Crippen molar-refractivity contribution in [2.24, 2.45) is 22.9 Å². The first-order valence-electron chi connectivity index (χ1n) is 11.5. The fourth-order valence-corrected chi connectivity index (χ4v) is 4.40. The summed E-state index contributed by atoms with van der Waals surface area (Å²) in [4.78, 5) is 0. The summed E-state index contributed by atoms with van der Waals surface area (Å²) in [5.41, 5.74) is 23.5. The molecule has 3 rings (SSSR count). The molecular weight excluding hydrogens is 544 g/mol. The van der Waals surface area contributed by atoms with Gasteiger partial charge in [-0.25, -0.2) is 0 Å². The highest BCUT2D eigenvalue weighted by Gasteiger charge is 2.51. The van der Waals surface area contributed by atoms with Crippen molar-refractivity contribution in [3.8, 4) is 0 Å². The van der Waals surface area contributed by atoms with Gasteiger partial charge < -0.3 is 77.6 Å². The number of aliphatic hydroxyl groups is 7. The molecule has 3 aliphatic rings. The Balaban J connectivity index is 0.000000926. The smallest absolute Gasteiger partial charge is 0.394 e. The number of rotatable bonds is 6. The minimum absolute atomic E-state index is 0.0849. The van der Waals surface area contributed by atoms with E-state index in [2.05, 4.69) is 0 Å². The highest BCUT2D eigenvalue weighted by atomic mass is 32.3. The Kier molecular flexibility index (Phi) is 12.1. The summed E-state index contributed by atoms with van der Waals surface area (Å²) in [7, 11) is -4.67. The summed E-state index contributed by atoms with van der Waals surface area (Å²) in [6, 6.07) is -2.86. The summed E-state index contributed by atoms with van der Waals surface area (Å²) in [5, 5.41) is 70.9. The third kappa shape index (κ3) is 8.15. The van der Waals surface area contributed by atoms with E-state index in [9.17, 15) is 35.7 Å². The maximum Gasteiger partial charge on any atom is 0.394 e. The molecule has 2 aliphatic heterocycles. The van der Waals surface area contributed by atoms with Crippen LogP contribution in [0.1, 0.15) is 6.42 Å². The largest absolute Gasteiger partial charge is 0.394 e. The summed E-state index contributed by atoms with van der Waals surface area (Å²) in [6.07, 6.45) is -16.5. The van der Waals surface area contributed by atoms with E-state index in [4.69, 9.17) is 59.4 Å². The van der Waals surface area contributed by atoms with Gasteiger partial charge in [0, 0.05) is 18.6 Å². The average molecular weight is 583 g/mol. The van der Waals surface area contributed by atoms with Crippen molar-refractivity contribution in [1.82, 2.24) is 0 Å². The van der Waals surface area contributed by atoms with E-state index in [1.165, 1.54) is 0 Å². The molecule has 1 saturated carbocycles. The molecule has 0 radical (unpaired) electrons. The van der Waals surface area contributed by atoms with E-state index in [0.717, 1.165) is 0 Å². The summed E-state index contributed by atoms with van der Waals surface area (Å²) < 4.78 is 53.8. The summed E-state index contributed by atoms with van der Waals surface area (Å²) in [5.74, 6) is 0. The second kappa shape index (κ2) is 13.8. The lowest BCUT2D eigenvalue weighted by molar-refractivity contribution is -0.332. The van der Waals surface area contributed by atoms with Gasteiger partial charge in [0.25, 0.3) is 0 Å². The molecule has 20 heteroatoms. The SMILES string of the molecule is NC[C@H]1O[C@H](O[C@@H]2[C@@H](O)[C@@H](O[C@H]3O[C@H](CO)[C@@H](O)[C@@H](N)[C@H]3O)[C@@H](N)C[C@H]2N)[C@H](O)[C@H](O)[C@@H]1O.O=S(=O)(O)O. The third-order valence-electron chi connectivity index (χ3n) is 6.48. The number of aliphatic hydroxyl groups excluding tert-OH is 7. The molecule has 0 aromatic rings. The number of ether oxygens (including phenoxy) is 4. The van der Waals surface area contributed by atoms with Gasteiger partial charge in [-0.15, -0.1) is 0 Å². The maximum absolute atomic E-state index is 10.9. The molecule has 17 N–H and O–H groups in total. The predicted molar refractivity (Wildman–Crippen MR) is 122 cm³/mol. The Bertz CT molecular complexity index is 783. The molecule has 1 aliphatic carbocycles. The van der Waals surface area contributed by atoms with Crippen LogP contribution < -0.4 is 22.9 Å². The van der Waals surface area contributed by atoms with Crippen LogP contribution >= 0.6 is 0 Å². The van der Waals surface area contributed by atoms with Crippen molar-refractivity contribution < 1.29 is 72.2 Å². The quantitative estimate of drug-likeness (QED) is 0.129. The normalized spacial score (nSPS) is 48.2. The van der Waals surface area contributed by atoms with Gasteiger partial charge in [0.05, 0.1) is 12.6 Å². The lowest BCUT2D eigenvalue weighted by Gasteiger charge is -2.48. The number of hydrogen-bond acceptors (Lipinski definition) is 17. The van der Waals surface area contributed by atoms with Crippen LogP contribution in [0.15, 0.2) is 0 Å². The molecular formula is C18H38N4O15S. The van der Waals surface area contributed by atoms with Gasteiger partial charge in [-0.2, -0.15) is 8.42 Å². The standard InChI is InChI=1S/C18H36N4O11.H2O4S/c19-2-6-10(25)12(27)13(28)18(30-6)33-16-5(21)1-4(20)15(14(16)29)32-17-11(26)8(22)9(24)7(3-23)31-17;1-5(2,3)4/h4-18,23-29H,1-3,19-22H2;(H2,1,2,3,4)/t4-,5+,6+,7+,8+,9+,10+,11+,12+,13+,14-,15-,16-,17+,18+;/m0./s1. The second-order valence-corrected chi connectivity index (χ2v) is 10.1. The van der Waals surface area contributed by atoms with Crippen LogP contribution in [0.25, 0.3) is 0 Å². The molecule has 38 heavy (non-hydrogen) atoms. The van der Waals surface area contributed by atoms with Crippen LogP contribution in [0.5, 0.6) is 0 Å². The van der Waals surface area contributed by atoms with Crippen LogP contribution in [-0.4, -0.2) is 158 Å². The zero-order valence-electron chi connectivity index (χ0n) is 20.0. The molecule has 0 spiro atoms. The summed E-state index contributed by atoms with van der Waals surface area (Å²) in [6.45, 7) is -0.763. The zero-order valence-corrected chi connectivity index (χ0v) is 20.8. The first-order valence-corrected chi connectivity index (χ1v) is 12.9. The lowest BCUT2D eigenvalue weighted by Crippen LogP contribution is -2.68. The summed E-state index contributed by atoms with van der Waals surface area (Å²) >= 11 is 0. The van der Waals surface area contributed by atoms with Crippen LogP contribution in [0.2, 0.25) is 0 Å². The maximum atomic E-state index is 10.9. The minimum atomic E-state index is -4.67. The first-order chi connectivity index (χ1) is 17.5. The molecule has 3 fully saturated rings. The average Bonchev–Trinajstić information content (AvgIpc) is 2.83. The molecule has 2 saturated heterocycles. The molecule has 0 aromatic carbocycles. The Morgan fingerprint density at radius 1 is 0.711 bits per heavy atom. The minimum Gasteiger partial charge on any atom is -0.394 e. The Hall–Kier alpha value is -0.730. The number of hydrogen-bond donors (Lipinski definition) is 13. The van der Waals surface area contributed by atoms with Crippen molar-refractivity contribution in [2.45, 2.75) is 98.2 Å². The Labute approximate surface area is 217 Å².